The first-order chi connectivity index (χ1) is 11.7. The number of ether oxygens (including phenoxy) is 1. The number of aliphatic hydroxyl groups excluding tert-OH is 1. The molecule has 1 atom stereocenters. The van der Waals surface area contributed by atoms with Gasteiger partial charge in [-0.2, -0.15) is 4.98 Å². The molecule has 3 heterocycles. The van der Waals surface area contributed by atoms with Crippen molar-refractivity contribution >= 4 is 11.8 Å². The van der Waals surface area contributed by atoms with Gasteiger partial charge in [0.1, 0.15) is 11.6 Å². The molecular weight excluding hydrogens is 308 g/mol. The summed E-state index contributed by atoms with van der Waals surface area (Å²) in [5.74, 6) is 2.54. The molecule has 1 saturated heterocycles. The lowest BCUT2D eigenvalue weighted by Gasteiger charge is -2.20. The number of aromatic amines is 1. The van der Waals surface area contributed by atoms with E-state index in [1.165, 1.54) is 0 Å². The number of nitrogens with one attached hydrogen (secondary N) is 2. The predicted molar refractivity (Wildman–Crippen MR) is 91.2 cm³/mol. The molecule has 8 heteroatoms. The van der Waals surface area contributed by atoms with E-state index in [0.717, 1.165) is 36.1 Å². The number of anilines is 2. The van der Waals surface area contributed by atoms with Crippen molar-refractivity contribution in [2.75, 3.05) is 43.6 Å². The molecule has 0 aromatic carbocycles. The Labute approximate surface area is 141 Å². The topological polar surface area (TPSA) is 99.2 Å². The molecule has 1 aliphatic heterocycles. The summed E-state index contributed by atoms with van der Waals surface area (Å²) in [7, 11) is 1.98. The van der Waals surface area contributed by atoms with E-state index in [4.69, 9.17) is 9.84 Å². The monoisotopic (exact) mass is 332 g/mol. The maximum atomic E-state index is 9.02. The van der Waals surface area contributed by atoms with Crippen LogP contribution in [0.5, 0.6) is 0 Å². The molecule has 0 bridgehead atoms. The van der Waals surface area contributed by atoms with E-state index in [1.807, 2.05) is 31.1 Å². The highest BCUT2D eigenvalue weighted by Gasteiger charge is 2.21. The van der Waals surface area contributed by atoms with Gasteiger partial charge in [-0.05, 0) is 13.3 Å². The summed E-state index contributed by atoms with van der Waals surface area (Å²) in [5.41, 5.74) is 2.01. The Kier molecular flexibility index (Phi) is 5.27. The van der Waals surface area contributed by atoms with Gasteiger partial charge < -0.3 is 25.0 Å². The van der Waals surface area contributed by atoms with Gasteiger partial charge >= 0.3 is 0 Å². The minimum absolute atomic E-state index is 0.0387. The number of nitrogens with zero attached hydrogens (tertiary/aromatic N) is 4. The number of imidazole rings is 1. The van der Waals surface area contributed by atoms with Crippen molar-refractivity contribution in [2.45, 2.75) is 25.8 Å². The molecule has 2 aromatic rings. The Balaban J connectivity index is 1.82. The first-order valence-corrected chi connectivity index (χ1v) is 8.19. The molecule has 0 amide bonds. The largest absolute Gasteiger partial charge is 0.395 e. The lowest BCUT2D eigenvalue weighted by atomic mass is 10.0. The molecule has 0 saturated carbocycles. The smallest absolute Gasteiger partial charge is 0.224 e. The fourth-order valence-electron chi connectivity index (χ4n) is 2.72. The molecule has 3 N–H and O–H groups in total. The fraction of sp³-hybridized carbons (Fsp3) is 0.562. The average molecular weight is 332 g/mol. The summed E-state index contributed by atoms with van der Waals surface area (Å²) in [6, 6.07) is 2.01. The zero-order valence-corrected chi connectivity index (χ0v) is 14.1. The normalized spacial score (nSPS) is 17.2. The van der Waals surface area contributed by atoms with Crippen LogP contribution in [-0.2, 0) is 11.3 Å². The van der Waals surface area contributed by atoms with Crippen molar-refractivity contribution in [1.82, 2.24) is 19.9 Å². The van der Waals surface area contributed by atoms with E-state index in [2.05, 4.69) is 25.3 Å². The Morgan fingerprint density at radius 3 is 3.00 bits per heavy atom. The summed E-state index contributed by atoms with van der Waals surface area (Å²) >= 11 is 0. The number of rotatable bonds is 7. The summed E-state index contributed by atoms with van der Waals surface area (Å²) in [5, 5.41) is 12.1. The molecule has 8 nitrogen and oxygen atoms in total. The molecule has 0 unspecified atom stereocenters. The van der Waals surface area contributed by atoms with Gasteiger partial charge in [-0.25, -0.2) is 9.97 Å². The number of aromatic nitrogens is 4. The molecule has 3 rings (SSSR count). The van der Waals surface area contributed by atoms with E-state index in [1.54, 1.807) is 0 Å². The highest BCUT2D eigenvalue weighted by atomic mass is 16.5. The number of H-pyrrole nitrogens is 1. The Hall–Kier alpha value is -2.19. The van der Waals surface area contributed by atoms with Crippen LogP contribution in [0.25, 0.3) is 0 Å². The van der Waals surface area contributed by atoms with E-state index in [0.29, 0.717) is 31.6 Å². The van der Waals surface area contributed by atoms with Crippen LogP contribution in [0.4, 0.5) is 11.8 Å². The van der Waals surface area contributed by atoms with Gasteiger partial charge in [-0.15, -0.1) is 0 Å². The van der Waals surface area contributed by atoms with Crippen LogP contribution >= 0.6 is 0 Å². The molecule has 24 heavy (non-hydrogen) atoms. The van der Waals surface area contributed by atoms with Gasteiger partial charge in [-0.3, -0.25) is 0 Å². The van der Waals surface area contributed by atoms with Crippen LogP contribution in [0, 0.1) is 6.92 Å². The molecule has 0 radical (unpaired) electrons. The second kappa shape index (κ2) is 7.59. The van der Waals surface area contributed by atoms with Crippen molar-refractivity contribution in [3.63, 3.8) is 0 Å². The van der Waals surface area contributed by atoms with Gasteiger partial charge in [0.2, 0.25) is 5.95 Å². The zero-order valence-electron chi connectivity index (χ0n) is 14.1. The van der Waals surface area contributed by atoms with Crippen molar-refractivity contribution in [3.05, 3.63) is 29.5 Å². The van der Waals surface area contributed by atoms with Gasteiger partial charge in [0.25, 0.3) is 0 Å². The number of hydrogen-bond acceptors (Lipinski definition) is 7. The average Bonchev–Trinajstić information content (AvgIpc) is 3.24. The van der Waals surface area contributed by atoms with Crippen molar-refractivity contribution in [3.8, 4) is 0 Å². The molecule has 130 valence electrons. The van der Waals surface area contributed by atoms with E-state index >= 15 is 0 Å². The second-order valence-corrected chi connectivity index (χ2v) is 6.05. The van der Waals surface area contributed by atoms with Crippen LogP contribution in [0.2, 0.25) is 0 Å². The SMILES string of the molecule is Cc1cnc(CN(C)c2cc([C@@H]3CCOC3)nc(NCCO)n2)[nH]1. The number of aliphatic hydroxyl groups is 1. The van der Waals surface area contributed by atoms with Gasteiger partial charge in [-0.1, -0.05) is 0 Å². The third kappa shape index (κ3) is 4.01. The van der Waals surface area contributed by atoms with E-state index in [9.17, 15) is 0 Å². The second-order valence-electron chi connectivity index (χ2n) is 6.05. The Bertz CT molecular complexity index is 668. The summed E-state index contributed by atoms with van der Waals surface area (Å²) in [6.07, 6.45) is 2.79. The molecular formula is C16H24N6O2. The molecule has 1 fully saturated rings. The van der Waals surface area contributed by atoms with E-state index in [-0.39, 0.29) is 6.61 Å². The standard InChI is InChI=1S/C16H24N6O2/c1-11-8-18-14(19-11)9-22(2)15-7-13(12-3-6-24-10-12)20-16(21-15)17-4-5-23/h7-8,12,23H,3-6,9-10H2,1-2H3,(H,18,19)(H,17,20,21)/t12-/m1/s1. The van der Waals surface area contributed by atoms with Gasteiger partial charge in [0.05, 0.1) is 25.5 Å². The number of aryl methyl sites for hydroxylation is 1. The first kappa shape index (κ1) is 16.7. The van der Waals surface area contributed by atoms with Gasteiger partial charge in [0, 0.05) is 44.1 Å². The Morgan fingerprint density at radius 2 is 2.33 bits per heavy atom. The predicted octanol–water partition coefficient (Wildman–Crippen LogP) is 1.05. The van der Waals surface area contributed by atoms with Crippen LogP contribution in [0.15, 0.2) is 12.3 Å². The van der Waals surface area contributed by atoms with Crippen LogP contribution in [0.3, 0.4) is 0 Å². The van der Waals surface area contributed by atoms with Crippen molar-refractivity contribution in [1.29, 1.82) is 0 Å². The van der Waals surface area contributed by atoms with Crippen LogP contribution in [-0.4, -0.2) is 58.5 Å². The van der Waals surface area contributed by atoms with Gasteiger partial charge in [0.15, 0.2) is 0 Å². The quantitative estimate of drug-likeness (QED) is 0.697. The maximum Gasteiger partial charge on any atom is 0.224 e. The molecule has 0 spiro atoms. The molecule has 2 aromatic heterocycles. The summed E-state index contributed by atoms with van der Waals surface area (Å²) < 4.78 is 5.48. The zero-order chi connectivity index (χ0) is 16.9. The lowest BCUT2D eigenvalue weighted by Crippen LogP contribution is -2.21. The third-order valence-electron chi connectivity index (χ3n) is 4.01. The van der Waals surface area contributed by atoms with Crippen LogP contribution in [0.1, 0.15) is 29.6 Å². The maximum absolute atomic E-state index is 9.02. The minimum atomic E-state index is 0.0387. The number of hydrogen-bond donors (Lipinski definition) is 3. The first-order valence-electron chi connectivity index (χ1n) is 8.19. The molecule has 0 aliphatic carbocycles. The van der Waals surface area contributed by atoms with Crippen molar-refractivity contribution < 1.29 is 9.84 Å². The molecule has 1 aliphatic rings. The summed E-state index contributed by atoms with van der Waals surface area (Å²) in [4.78, 5) is 18.7. The highest BCUT2D eigenvalue weighted by Crippen LogP contribution is 2.27. The highest BCUT2D eigenvalue weighted by molar-refractivity contribution is 5.45. The fourth-order valence-corrected chi connectivity index (χ4v) is 2.72. The minimum Gasteiger partial charge on any atom is -0.395 e. The van der Waals surface area contributed by atoms with Crippen LogP contribution < -0.4 is 10.2 Å². The lowest BCUT2D eigenvalue weighted by molar-refractivity contribution is 0.193. The van der Waals surface area contributed by atoms with E-state index < -0.39 is 0 Å². The Morgan fingerprint density at radius 1 is 1.46 bits per heavy atom. The van der Waals surface area contributed by atoms with Crippen molar-refractivity contribution in [2.24, 2.45) is 0 Å². The summed E-state index contributed by atoms with van der Waals surface area (Å²) in [6.45, 7) is 4.53. The third-order valence-corrected chi connectivity index (χ3v) is 4.01.